The van der Waals surface area contributed by atoms with E-state index in [1.165, 1.54) is 23.2 Å². The molecule has 4 N–H and O–H groups in total. The van der Waals surface area contributed by atoms with Gasteiger partial charge in [-0.3, -0.25) is 0 Å². The molecule has 2 aliphatic carbocycles. The molecule has 3 nitrogen and oxygen atoms in total. The molecule has 0 amide bonds. The number of hydrogen-bond donors (Lipinski definition) is 3. The lowest BCUT2D eigenvalue weighted by atomic mass is 9.80. The van der Waals surface area contributed by atoms with Gasteiger partial charge in [-0.2, -0.15) is 0 Å². The van der Waals surface area contributed by atoms with Crippen LogP contribution in [0.2, 0.25) is 0 Å². The van der Waals surface area contributed by atoms with Crippen molar-refractivity contribution in [2.24, 2.45) is 11.8 Å². The summed E-state index contributed by atoms with van der Waals surface area (Å²) in [5.41, 5.74) is 17.9. The van der Waals surface area contributed by atoms with Crippen LogP contribution in [0.3, 0.4) is 0 Å². The smallest absolute Gasteiger partial charge is 0.0602 e. The Morgan fingerprint density at radius 1 is 1.28 bits per heavy atom. The minimum Gasteiger partial charge on any atom is -0.398 e. The number of allylic oxidation sites excluding steroid dienone is 3. The van der Waals surface area contributed by atoms with E-state index in [1.807, 2.05) is 6.07 Å². The maximum Gasteiger partial charge on any atom is 0.0602 e. The Morgan fingerprint density at radius 3 is 3.17 bits per heavy atom. The van der Waals surface area contributed by atoms with Gasteiger partial charge in [0, 0.05) is 17.3 Å². The predicted molar refractivity (Wildman–Crippen MR) is 72.4 cm³/mol. The molecule has 0 aromatic heterocycles. The zero-order chi connectivity index (χ0) is 12.1. The van der Waals surface area contributed by atoms with Crippen molar-refractivity contribution in [3.05, 3.63) is 53.3 Å². The van der Waals surface area contributed by atoms with Crippen LogP contribution in [0.25, 0.3) is 0 Å². The number of nitrogens with two attached hydrogens (primary N) is 1. The van der Waals surface area contributed by atoms with Gasteiger partial charge >= 0.3 is 0 Å². The van der Waals surface area contributed by atoms with E-state index < -0.39 is 0 Å². The molecule has 4 rings (SSSR count). The molecule has 0 radical (unpaired) electrons. The fourth-order valence-electron chi connectivity index (χ4n) is 3.63. The second kappa shape index (κ2) is 3.62. The highest BCUT2D eigenvalue weighted by Gasteiger charge is 2.41. The van der Waals surface area contributed by atoms with Crippen molar-refractivity contribution in [2.45, 2.75) is 18.9 Å². The maximum absolute atomic E-state index is 6.15. The first kappa shape index (κ1) is 10.2. The van der Waals surface area contributed by atoms with E-state index in [2.05, 4.69) is 41.2 Å². The Bertz CT molecular complexity index is 559. The van der Waals surface area contributed by atoms with Crippen LogP contribution in [0, 0.1) is 11.8 Å². The lowest BCUT2D eigenvalue weighted by Crippen LogP contribution is -2.25. The van der Waals surface area contributed by atoms with E-state index in [0.717, 1.165) is 12.1 Å². The third-order valence-corrected chi connectivity index (χ3v) is 4.50. The van der Waals surface area contributed by atoms with Gasteiger partial charge in [-0.1, -0.05) is 24.3 Å². The lowest BCUT2D eigenvalue weighted by Gasteiger charge is -2.25. The van der Waals surface area contributed by atoms with E-state index in [1.54, 1.807) is 0 Å². The molecule has 1 saturated heterocycles. The standard InChI is InChI=1S/C15H17N3/c16-12-5-2-4-11-10(12)8-7-9-3-1-6-13-14(9)15(11)18-17-13/h1-6,9,14-15,17-18H,7-8,16H2. The minimum atomic E-state index is 0.354. The van der Waals surface area contributed by atoms with Crippen LogP contribution in [0.5, 0.6) is 0 Å². The van der Waals surface area contributed by atoms with Crippen LogP contribution < -0.4 is 16.6 Å². The van der Waals surface area contributed by atoms with Crippen molar-refractivity contribution in [3.63, 3.8) is 0 Å². The van der Waals surface area contributed by atoms with Crippen molar-refractivity contribution in [3.8, 4) is 0 Å². The van der Waals surface area contributed by atoms with Crippen molar-refractivity contribution >= 4 is 5.69 Å². The van der Waals surface area contributed by atoms with Gasteiger partial charge in [0.25, 0.3) is 0 Å². The van der Waals surface area contributed by atoms with Crippen LogP contribution in [0.4, 0.5) is 5.69 Å². The fourth-order valence-corrected chi connectivity index (χ4v) is 3.63. The van der Waals surface area contributed by atoms with Gasteiger partial charge in [0.1, 0.15) is 0 Å². The van der Waals surface area contributed by atoms with Gasteiger partial charge in [-0.25, -0.2) is 5.43 Å². The van der Waals surface area contributed by atoms with E-state index in [9.17, 15) is 0 Å². The van der Waals surface area contributed by atoms with Gasteiger partial charge in [0.15, 0.2) is 0 Å². The van der Waals surface area contributed by atoms with E-state index in [0.29, 0.717) is 17.9 Å². The summed E-state index contributed by atoms with van der Waals surface area (Å²) in [6.07, 6.45) is 8.97. The molecule has 0 bridgehead atoms. The third-order valence-electron chi connectivity index (χ3n) is 4.50. The summed E-state index contributed by atoms with van der Waals surface area (Å²) in [4.78, 5) is 0. The topological polar surface area (TPSA) is 50.1 Å². The average Bonchev–Trinajstić information content (AvgIpc) is 2.73. The number of benzene rings is 1. The van der Waals surface area contributed by atoms with Crippen molar-refractivity contribution in [1.82, 2.24) is 10.9 Å². The summed E-state index contributed by atoms with van der Waals surface area (Å²) < 4.78 is 0. The SMILES string of the molecule is Nc1cccc2c1CCC1C=CC=C3NNC2C31. The Hall–Kier alpha value is -1.74. The molecule has 3 unspecified atom stereocenters. The first-order valence-electron chi connectivity index (χ1n) is 6.62. The fraction of sp³-hybridized carbons (Fsp3) is 0.333. The van der Waals surface area contributed by atoms with Gasteiger partial charge < -0.3 is 11.2 Å². The number of anilines is 1. The van der Waals surface area contributed by atoms with Crippen LogP contribution in [-0.4, -0.2) is 0 Å². The van der Waals surface area contributed by atoms with Gasteiger partial charge in [0.2, 0.25) is 0 Å². The highest BCUT2D eigenvalue weighted by atomic mass is 15.4. The molecule has 0 spiro atoms. The summed E-state index contributed by atoms with van der Waals surface area (Å²) in [6.45, 7) is 0. The first-order chi connectivity index (χ1) is 8.84. The number of nitrogen functional groups attached to an aromatic ring is 1. The van der Waals surface area contributed by atoms with Crippen LogP contribution in [0.1, 0.15) is 23.6 Å². The molecule has 0 saturated carbocycles. The molecule has 92 valence electrons. The third kappa shape index (κ3) is 1.28. The Labute approximate surface area is 107 Å². The molecule has 1 aliphatic heterocycles. The lowest BCUT2D eigenvalue weighted by molar-refractivity contribution is 0.386. The molecule has 3 aliphatic rings. The highest BCUT2D eigenvalue weighted by Crippen LogP contribution is 2.45. The van der Waals surface area contributed by atoms with Gasteiger partial charge in [-0.15, -0.1) is 0 Å². The average molecular weight is 239 g/mol. The molecule has 3 atom stereocenters. The van der Waals surface area contributed by atoms with Gasteiger partial charge in [-0.05, 0) is 42.0 Å². The molecule has 3 heteroatoms. The molecule has 1 fully saturated rings. The maximum atomic E-state index is 6.15. The summed E-state index contributed by atoms with van der Waals surface area (Å²) in [6, 6.07) is 6.65. The highest BCUT2D eigenvalue weighted by molar-refractivity contribution is 5.54. The van der Waals surface area contributed by atoms with Crippen molar-refractivity contribution < 1.29 is 0 Å². The Balaban J connectivity index is 1.88. The summed E-state index contributed by atoms with van der Waals surface area (Å²) in [7, 11) is 0. The van der Waals surface area contributed by atoms with E-state index in [4.69, 9.17) is 5.73 Å². The number of rotatable bonds is 0. The summed E-state index contributed by atoms with van der Waals surface area (Å²) >= 11 is 0. The normalized spacial score (nSPS) is 32.0. The predicted octanol–water partition coefficient (Wildman–Crippen LogP) is 2.05. The number of hydrazine groups is 1. The quantitative estimate of drug-likeness (QED) is 0.607. The largest absolute Gasteiger partial charge is 0.398 e. The van der Waals surface area contributed by atoms with Crippen LogP contribution in [-0.2, 0) is 6.42 Å². The zero-order valence-electron chi connectivity index (χ0n) is 10.2. The zero-order valence-corrected chi connectivity index (χ0v) is 10.2. The second-order valence-corrected chi connectivity index (χ2v) is 5.40. The molecule has 1 heterocycles. The van der Waals surface area contributed by atoms with Crippen LogP contribution >= 0.6 is 0 Å². The minimum absolute atomic E-state index is 0.354. The molecule has 1 aromatic rings. The van der Waals surface area contributed by atoms with E-state index in [-0.39, 0.29) is 0 Å². The summed E-state index contributed by atoms with van der Waals surface area (Å²) in [5.74, 6) is 1.15. The number of hydrogen-bond acceptors (Lipinski definition) is 3. The molecule has 1 aromatic carbocycles. The Kier molecular flexibility index (Phi) is 2.06. The first-order valence-corrected chi connectivity index (χ1v) is 6.62. The Morgan fingerprint density at radius 2 is 2.22 bits per heavy atom. The van der Waals surface area contributed by atoms with Gasteiger partial charge in [0.05, 0.1) is 6.04 Å². The van der Waals surface area contributed by atoms with Crippen molar-refractivity contribution in [1.29, 1.82) is 0 Å². The van der Waals surface area contributed by atoms with Crippen molar-refractivity contribution in [2.75, 3.05) is 5.73 Å². The van der Waals surface area contributed by atoms with E-state index >= 15 is 0 Å². The molecular weight excluding hydrogens is 222 g/mol. The number of fused-ring (bicyclic) bond motifs is 2. The molecule has 18 heavy (non-hydrogen) atoms. The molecular formula is C15H17N3. The summed E-state index contributed by atoms with van der Waals surface area (Å²) in [5, 5.41) is 0. The number of nitrogens with one attached hydrogen (secondary N) is 2. The van der Waals surface area contributed by atoms with Crippen LogP contribution in [0.15, 0.2) is 42.1 Å². The monoisotopic (exact) mass is 239 g/mol. The second-order valence-electron chi connectivity index (χ2n) is 5.40.